The van der Waals surface area contributed by atoms with Gasteiger partial charge in [-0.15, -0.1) is 0 Å². The van der Waals surface area contributed by atoms with E-state index in [1.807, 2.05) is 12.1 Å². The molecule has 1 aliphatic heterocycles. The van der Waals surface area contributed by atoms with E-state index in [9.17, 15) is 5.11 Å². The topological polar surface area (TPSA) is 75.6 Å². The van der Waals surface area contributed by atoms with Gasteiger partial charge in [0.2, 0.25) is 0 Å². The molecule has 0 radical (unpaired) electrons. The fraction of sp³-hybridized carbons (Fsp3) is 0.852. The summed E-state index contributed by atoms with van der Waals surface area (Å²) >= 11 is -2.61. The predicted octanol–water partition coefficient (Wildman–Crippen LogP) is 15.9. The molecule has 1 aromatic rings. The summed E-state index contributed by atoms with van der Waals surface area (Å²) in [6, 6.07) is 8.24. The number of hydrogen-bond acceptors (Lipinski definition) is 7. The Morgan fingerprint density at radius 1 is 0.723 bits per heavy atom. The maximum atomic E-state index is 12.2. The second-order valence-electron chi connectivity index (χ2n) is 25.0. The van der Waals surface area contributed by atoms with Crippen LogP contribution in [0, 0.1) is 11.8 Å². The summed E-state index contributed by atoms with van der Waals surface area (Å²) in [7, 11) is -4.76. The second kappa shape index (κ2) is 26.4. The molecule has 1 saturated heterocycles. The van der Waals surface area contributed by atoms with E-state index in [0.717, 1.165) is 17.7 Å². The fourth-order valence-electron chi connectivity index (χ4n) is 8.45. The number of ether oxygens (including phenoxy) is 3. The second-order valence-corrected chi connectivity index (χ2v) is 52.3. The first-order valence-electron chi connectivity index (χ1n) is 26.1. The molecule has 1 fully saturated rings. The molecule has 0 saturated carbocycles. The van der Waals surface area contributed by atoms with Crippen molar-refractivity contribution in [1.29, 1.82) is 0 Å². The van der Waals surface area contributed by atoms with Crippen LogP contribution in [0.1, 0.15) is 160 Å². The average Bonchev–Trinajstić information content (AvgIpc) is 3.19. The van der Waals surface area contributed by atoms with Crippen LogP contribution in [0.5, 0.6) is 5.75 Å². The third-order valence-corrected chi connectivity index (χ3v) is 43.9. The van der Waals surface area contributed by atoms with Crippen LogP contribution in [0.2, 0.25) is 67.7 Å². The van der Waals surface area contributed by atoms with Gasteiger partial charge in [0.1, 0.15) is 0 Å². The van der Waals surface area contributed by atoms with Gasteiger partial charge in [0, 0.05) is 0 Å². The van der Waals surface area contributed by atoms with Gasteiger partial charge < -0.3 is 8.85 Å². The molecule has 7 nitrogen and oxygen atoms in total. The third-order valence-electron chi connectivity index (χ3n) is 16.2. The van der Waals surface area contributed by atoms with Gasteiger partial charge in [-0.05, 0) is 54.4 Å². The number of aliphatic hydroxyl groups is 1. The Morgan fingerprint density at radius 2 is 1.20 bits per heavy atom. The fourth-order valence-corrected chi connectivity index (χ4v) is 26.5. The first-order chi connectivity index (χ1) is 29.9. The number of aliphatic hydroxyl groups excluding tert-OH is 1. The monoisotopic (exact) mass is 1070 g/mol. The molecule has 11 heteroatoms. The molecule has 1 aliphatic rings. The van der Waals surface area contributed by atoms with E-state index in [1.165, 1.54) is 51.8 Å². The molecule has 0 spiro atoms. The Kier molecular flexibility index (Phi) is 24.8. The quantitative estimate of drug-likeness (QED) is 0.0838. The van der Waals surface area contributed by atoms with Crippen molar-refractivity contribution in [2.75, 3.05) is 13.7 Å². The van der Waals surface area contributed by atoms with Crippen LogP contribution < -0.4 is 4.74 Å². The third kappa shape index (κ3) is 19.2. The Labute approximate surface area is 410 Å². The van der Waals surface area contributed by atoms with Crippen molar-refractivity contribution in [1.82, 2.24) is 0 Å². The zero-order valence-corrected chi connectivity index (χ0v) is 52.2. The van der Waals surface area contributed by atoms with Gasteiger partial charge in [-0.3, -0.25) is 0 Å². The number of hydrogen-bond donors (Lipinski definition) is 1. The first-order valence-corrected chi connectivity index (χ1v) is 42.6. The molecule has 4 unspecified atom stereocenters. The van der Waals surface area contributed by atoms with Crippen LogP contribution in [0.4, 0.5) is 0 Å². The van der Waals surface area contributed by atoms with Crippen molar-refractivity contribution in [2.24, 2.45) is 11.8 Å². The van der Waals surface area contributed by atoms with Gasteiger partial charge in [0.25, 0.3) is 0 Å². The molecule has 0 aromatic heterocycles. The van der Waals surface area contributed by atoms with Crippen molar-refractivity contribution in [2.45, 2.75) is 266 Å². The molecule has 1 aromatic carbocycles. The summed E-state index contributed by atoms with van der Waals surface area (Å²) in [6.45, 7) is 47.5. The van der Waals surface area contributed by atoms with E-state index in [0.29, 0.717) is 26.1 Å². The molecule has 0 amide bonds. The summed E-state index contributed by atoms with van der Waals surface area (Å²) < 4.78 is 48.4. The van der Waals surface area contributed by atoms with Gasteiger partial charge in [0.05, 0.1) is 0 Å². The molecule has 65 heavy (non-hydrogen) atoms. The van der Waals surface area contributed by atoms with E-state index in [-0.39, 0.29) is 57.5 Å². The SMILES string of the molecule is CCC[CH2][Sn]([CH]=CC(OCc1ccc(OC)cc1)C(C)CC(O)CC(C)[C@@H]1O[C@H](CO[Si](C)(C)C(C)(C)C)[C@H](O[Si](C)(C)C(C)(C)C)C[C@@H]1O[Si](C)(C)C(C)(C)C)([CH2]CCC)[CH2]CCC. The van der Waals surface area contributed by atoms with E-state index < -0.39 is 49.4 Å². The summed E-state index contributed by atoms with van der Waals surface area (Å²) in [4.78, 5) is 0. The molecule has 0 bridgehead atoms. The van der Waals surface area contributed by atoms with Crippen LogP contribution in [0.15, 0.2) is 34.4 Å². The van der Waals surface area contributed by atoms with Gasteiger partial charge in [0.15, 0.2) is 16.6 Å². The van der Waals surface area contributed by atoms with Crippen LogP contribution in [-0.2, 0) is 29.4 Å². The van der Waals surface area contributed by atoms with Crippen molar-refractivity contribution in [3.05, 3.63) is 40.0 Å². The molecular weight excluding hydrogens is 964 g/mol. The van der Waals surface area contributed by atoms with Crippen LogP contribution in [0.25, 0.3) is 0 Å². The van der Waals surface area contributed by atoms with E-state index in [2.05, 4.69) is 159 Å². The Morgan fingerprint density at radius 3 is 1.65 bits per heavy atom. The van der Waals surface area contributed by atoms with Crippen molar-refractivity contribution < 1.29 is 32.6 Å². The minimum absolute atomic E-state index is 0.0354. The summed E-state index contributed by atoms with van der Waals surface area (Å²) in [5.41, 5.74) is 1.13. The van der Waals surface area contributed by atoms with E-state index in [1.54, 1.807) is 7.11 Å². The first kappa shape index (κ1) is 61.1. The van der Waals surface area contributed by atoms with Crippen molar-refractivity contribution in [3.63, 3.8) is 0 Å². The molecule has 1 heterocycles. The number of methoxy groups -OCH3 is 1. The zero-order valence-electron chi connectivity index (χ0n) is 46.4. The average molecular weight is 1070 g/mol. The van der Waals surface area contributed by atoms with E-state index in [4.69, 9.17) is 27.5 Å². The normalized spacial score (nSPS) is 21.7. The maximum absolute atomic E-state index is 12.2. The molecule has 2 rings (SSSR count). The van der Waals surface area contributed by atoms with Gasteiger partial charge in [-0.25, -0.2) is 0 Å². The van der Waals surface area contributed by atoms with E-state index >= 15 is 0 Å². The Balaban J connectivity index is 2.54. The predicted molar refractivity (Wildman–Crippen MR) is 290 cm³/mol. The molecule has 1 N–H and O–H groups in total. The van der Waals surface area contributed by atoms with Gasteiger partial charge >= 0.3 is 271 Å². The standard InChI is InChI=1S/C42H79O7Si3.3C4H9.Sn/c1-20-35(45-28-32-21-23-34(44-13)24-22-32)30(2)25-33(43)26-31(3)39-37(49-52(18,19)42(10,11)12)27-36(48-51(16,17)41(7,8)9)38(47-39)29-46-50(14,15)40(4,5)6;3*1-3-4-2;/h1,20-24,30-31,33,35-39,43H,25-29H2,2-19H3;3*1,3-4H2,2H3;/t30?,31?,33?,35?,36-,37+,38-,39+;;;;/m1..../s1. The summed E-state index contributed by atoms with van der Waals surface area (Å²) in [5, 5.41) is 12.4. The molecule has 380 valence electrons. The summed E-state index contributed by atoms with van der Waals surface area (Å²) in [6.07, 6.45) is 10.9. The van der Waals surface area contributed by atoms with Crippen molar-refractivity contribution >= 4 is 43.3 Å². The number of unbranched alkanes of at least 4 members (excludes halogenated alkanes) is 3. The number of rotatable bonds is 28. The van der Waals surface area contributed by atoms with Crippen LogP contribution in [-0.4, -0.2) is 98.8 Å². The van der Waals surface area contributed by atoms with Crippen LogP contribution >= 0.6 is 0 Å². The zero-order chi connectivity index (χ0) is 49.7. The Bertz CT molecular complexity index is 1490. The van der Waals surface area contributed by atoms with Gasteiger partial charge in [-0.2, -0.15) is 0 Å². The van der Waals surface area contributed by atoms with Crippen LogP contribution in [0.3, 0.4) is 0 Å². The number of benzene rings is 1. The molecular formula is C54H106O7Si3Sn. The minimum atomic E-state index is -2.61. The van der Waals surface area contributed by atoms with Gasteiger partial charge in [-0.1, -0.05) is 62.3 Å². The molecule has 8 atom stereocenters. The Hall–Kier alpha value is -0.0306. The molecule has 0 aliphatic carbocycles. The van der Waals surface area contributed by atoms with Crippen molar-refractivity contribution in [3.8, 4) is 5.75 Å². The summed E-state index contributed by atoms with van der Waals surface area (Å²) in [5.74, 6) is 1.02.